The molecular formula is C18H36. The summed E-state index contributed by atoms with van der Waals surface area (Å²) in [5.74, 6) is 5.07. The molecule has 0 aromatic heterocycles. The molecule has 1 aliphatic rings. The van der Waals surface area contributed by atoms with Crippen LogP contribution >= 0.6 is 0 Å². The molecule has 0 aromatic carbocycles. The van der Waals surface area contributed by atoms with Crippen molar-refractivity contribution in [2.24, 2.45) is 29.6 Å². The second-order valence-corrected chi connectivity index (χ2v) is 7.08. The molecule has 5 atom stereocenters. The molecule has 0 amide bonds. The minimum absolute atomic E-state index is 0.945. The molecular weight excluding hydrogens is 216 g/mol. The summed E-state index contributed by atoms with van der Waals surface area (Å²) >= 11 is 0. The first kappa shape index (κ1) is 16.1. The van der Waals surface area contributed by atoms with Crippen LogP contribution in [0.25, 0.3) is 0 Å². The van der Waals surface area contributed by atoms with Crippen molar-refractivity contribution in [1.29, 1.82) is 0 Å². The van der Waals surface area contributed by atoms with Crippen molar-refractivity contribution < 1.29 is 0 Å². The van der Waals surface area contributed by atoms with Crippen molar-refractivity contribution in [3.8, 4) is 0 Å². The van der Waals surface area contributed by atoms with Gasteiger partial charge < -0.3 is 0 Å². The molecule has 0 aliphatic heterocycles. The Morgan fingerprint density at radius 2 is 1.39 bits per heavy atom. The largest absolute Gasteiger partial charge is 0.0651 e. The lowest BCUT2D eigenvalue weighted by Gasteiger charge is -2.14. The standard InChI is InChI=1S/C18H36/c1-6-14(3)11-9-8-10-12-16(5)18-13-17(18)15(4)7-2/h14-18H,6-13H2,1-5H3. The molecule has 1 aliphatic carbocycles. The van der Waals surface area contributed by atoms with Gasteiger partial charge in [-0.3, -0.25) is 0 Å². The molecule has 1 rings (SSSR count). The topological polar surface area (TPSA) is 0 Å². The van der Waals surface area contributed by atoms with E-state index in [4.69, 9.17) is 0 Å². The van der Waals surface area contributed by atoms with Crippen LogP contribution in [-0.2, 0) is 0 Å². The molecule has 0 heteroatoms. The summed E-state index contributed by atoms with van der Waals surface area (Å²) in [5, 5.41) is 0. The lowest BCUT2D eigenvalue weighted by Crippen LogP contribution is -2.04. The average molecular weight is 252 g/mol. The molecule has 0 N–H and O–H groups in total. The lowest BCUT2D eigenvalue weighted by atomic mass is 9.92. The molecule has 0 spiro atoms. The molecule has 0 aromatic rings. The fourth-order valence-corrected chi connectivity index (χ4v) is 3.40. The number of hydrogen-bond donors (Lipinski definition) is 0. The molecule has 0 bridgehead atoms. The molecule has 0 nitrogen and oxygen atoms in total. The van der Waals surface area contributed by atoms with Gasteiger partial charge in [0.25, 0.3) is 0 Å². The SMILES string of the molecule is CCC(C)CCCCCC(C)C1CC1C(C)CC. The van der Waals surface area contributed by atoms with Crippen LogP contribution in [0.2, 0.25) is 0 Å². The van der Waals surface area contributed by atoms with Gasteiger partial charge in [-0.2, -0.15) is 0 Å². The van der Waals surface area contributed by atoms with Crippen molar-refractivity contribution in [3.05, 3.63) is 0 Å². The second kappa shape index (κ2) is 8.23. The number of hydrogen-bond acceptors (Lipinski definition) is 0. The Labute approximate surface area is 116 Å². The molecule has 18 heavy (non-hydrogen) atoms. The summed E-state index contributed by atoms with van der Waals surface area (Å²) < 4.78 is 0. The predicted molar refractivity (Wildman–Crippen MR) is 82.8 cm³/mol. The van der Waals surface area contributed by atoms with E-state index in [2.05, 4.69) is 34.6 Å². The fraction of sp³-hybridized carbons (Fsp3) is 1.00. The van der Waals surface area contributed by atoms with Crippen LogP contribution in [0.1, 0.15) is 86.0 Å². The van der Waals surface area contributed by atoms with Gasteiger partial charge in [-0.15, -0.1) is 0 Å². The Balaban J connectivity index is 2.00. The molecule has 0 radical (unpaired) electrons. The van der Waals surface area contributed by atoms with Crippen LogP contribution in [0.5, 0.6) is 0 Å². The van der Waals surface area contributed by atoms with Crippen LogP contribution in [-0.4, -0.2) is 0 Å². The van der Waals surface area contributed by atoms with Crippen molar-refractivity contribution in [2.45, 2.75) is 86.0 Å². The predicted octanol–water partition coefficient (Wildman–Crippen LogP) is 6.30. The molecule has 5 unspecified atom stereocenters. The van der Waals surface area contributed by atoms with Crippen molar-refractivity contribution in [3.63, 3.8) is 0 Å². The smallest absolute Gasteiger partial charge is 0.0355 e. The summed E-state index contributed by atoms with van der Waals surface area (Å²) in [5.41, 5.74) is 0. The van der Waals surface area contributed by atoms with E-state index in [9.17, 15) is 0 Å². The maximum atomic E-state index is 2.50. The Bertz CT molecular complexity index is 208. The first-order valence-electron chi connectivity index (χ1n) is 8.60. The van der Waals surface area contributed by atoms with Crippen molar-refractivity contribution in [1.82, 2.24) is 0 Å². The van der Waals surface area contributed by atoms with Gasteiger partial charge in [0.2, 0.25) is 0 Å². The van der Waals surface area contributed by atoms with E-state index < -0.39 is 0 Å². The second-order valence-electron chi connectivity index (χ2n) is 7.08. The Morgan fingerprint density at radius 1 is 0.778 bits per heavy atom. The van der Waals surface area contributed by atoms with Gasteiger partial charge >= 0.3 is 0 Å². The van der Waals surface area contributed by atoms with E-state index in [0.717, 1.165) is 29.6 Å². The minimum Gasteiger partial charge on any atom is -0.0651 e. The summed E-state index contributed by atoms with van der Waals surface area (Å²) in [6, 6.07) is 0. The third-order valence-electron chi connectivity index (χ3n) is 5.55. The van der Waals surface area contributed by atoms with Gasteiger partial charge in [-0.1, -0.05) is 79.6 Å². The quantitative estimate of drug-likeness (QED) is 0.400. The molecule has 1 fully saturated rings. The lowest BCUT2D eigenvalue weighted by molar-refractivity contribution is 0.368. The highest BCUT2D eigenvalue weighted by atomic mass is 14.5. The third-order valence-corrected chi connectivity index (χ3v) is 5.55. The zero-order valence-electron chi connectivity index (χ0n) is 13.5. The highest BCUT2D eigenvalue weighted by Gasteiger charge is 2.42. The van der Waals surface area contributed by atoms with Gasteiger partial charge in [0.15, 0.2) is 0 Å². The zero-order valence-corrected chi connectivity index (χ0v) is 13.5. The Hall–Kier alpha value is 0. The van der Waals surface area contributed by atoms with Crippen LogP contribution < -0.4 is 0 Å². The third kappa shape index (κ3) is 5.33. The number of unbranched alkanes of at least 4 members (excludes halogenated alkanes) is 2. The van der Waals surface area contributed by atoms with Crippen LogP contribution in [0.4, 0.5) is 0 Å². The zero-order chi connectivity index (χ0) is 13.5. The first-order valence-corrected chi connectivity index (χ1v) is 8.60. The Kier molecular flexibility index (Phi) is 7.34. The van der Waals surface area contributed by atoms with E-state index in [0.29, 0.717) is 0 Å². The summed E-state index contributed by atoms with van der Waals surface area (Å²) in [6.45, 7) is 12.0. The average Bonchev–Trinajstić information content (AvgIpc) is 3.17. The summed E-state index contributed by atoms with van der Waals surface area (Å²) in [4.78, 5) is 0. The highest BCUT2D eigenvalue weighted by molar-refractivity contribution is 4.92. The normalized spacial score (nSPS) is 27.8. The summed E-state index contributed by atoms with van der Waals surface area (Å²) in [7, 11) is 0. The van der Waals surface area contributed by atoms with E-state index in [-0.39, 0.29) is 0 Å². The molecule has 0 saturated heterocycles. The maximum absolute atomic E-state index is 2.50. The monoisotopic (exact) mass is 252 g/mol. The van der Waals surface area contributed by atoms with E-state index in [1.165, 1.54) is 51.4 Å². The van der Waals surface area contributed by atoms with Crippen LogP contribution in [0, 0.1) is 29.6 Å². The van der Waals surface area contributed by atoms with Crippen LogP contribution in [0.15, 0.2) is 0 Å². The van der Waals surface area contributed by atoms with Gasteiger partial charge in [-0.05, 0) is 36.0 Å². The fourth-order valence-electron chi connectivity index (χ4n) is 3.40. The molecule has 1 saturated carbocycles. The Morgan fingerprint density at radius 3 is 2.00 bits per heavy atom. The van der Waals surface area contributed by atoms with Crippen LogP contribution in [0.3, 0.4) is 0 Å². The van der Waals surface area contributed by atoms with Gasteiger partial charge in [0, 0.05) is 0 Å². The highest BCUT2D eigenvalue weighted by Crippen LogP contribution is 2.51. The minimum atomic E-state index is 0.945. The maximum Gasteiger partial charge on any atom is -0.0355 e. The van der Waals surface area contributed by atoms with Crippen molar-refractivity contribution in [2.75, 3.05) is 0 Å². The van der Waals surface area contributed by atoms with Gasteiger partial charge in [-0.25, -0.2) is 0 Å². The van der Waals surface area contributed by atoms with Gasteiger partial charge in [0.05, 0.1) is 0 Å². The van der Waals surface area contributed by atoms with Crippen molar-refractivity contribution >= 4 is 0 Å². The number of rotatable bonds is 10. The molecule has 0 heterocycles. The van der Waals surface area contributed by atoms with E-state index in [1.54, 1.807) is 0 Å². The van der Waals surface area contributed by atoms with E-state index in [1.807, 2.05) is 0 Å². The first-order chi connectivity index (χ1) is 8.60. The van der Waals surface area contributed by atoms with E-state index >= 15 is 0 Å². The van der Waals surface area contributed by atoms with Gasteiger partial charge in [0.1, 0.15) is 0 Å². The molecule has 108 valence electrons. The summed E-state index contributed by atoms with van der Waals surface area (Å²) in [6.07, 6.45) is 11.6.